The number of nitrogen functional groups attached to an aromatic ring is 1. The molecule has 2 aromatic heterocycles. The molecule has 2 heterocycles. The Labute approximate surface area is 193 Å². The first-order valence-corrected chi connectivity index (χ1v) is 9.67. The first-order valence-electron chi connectivity index (χ1n) is 8.16. The van der Waals surface area contributed by atoms with Gasteiger partial charge in [-0.1, -0.05) is 64.6 Å². The second kappa shape index (κ2) is 13.0. The maximum absolute atomic E-state index is 13.0. The molecule has 1 aromatic carbocycles. The number of hydrogen-bond donors (Lipinski definition) is 1. The monoisotopic (exact) mass is 486 g/mol. The molecular weight excluding hydrogens is 473 g/mol. The normalized spacial score (nSPS) is 9.37. The van der Waals surface area contributed by atoms with Crippen molar-refractivity contribution < 1.29 is 9.18 Å². The van der Waals surface area contributed by atoms with Crippen molar-refractivity contribution in [1.29, 1.82) is 5.26 Å². The van der Waals surface area contributed by atoms with Crippen molar-refractivity contribution in [3.63, 3.8) is 0 Å². The van der Waals surface area contributed by atoms with Crippen molar-refractivity contribution in [3.05, 3.63) is 86.1 Å². The summed E-state index contributed by atoms with van der Waals surface area (Å²) in [7, 11) is 0. The fourth-order valence-corrected chi connectivity index (χ4v) is 2.69. The molecule has 10 heteroatoms. The van der Waals surface area contributed by atoms with Crippen molar-refractivity contribution >= 4 is 57.9 Å². The number of ketones is 1. The number of benzene rings is 1. The zero-order chi connectivity index (χ0) is 22.7. The van der Waals surface area contributed by atoms with Crippen molar-refractivity contribution in [2.45, 2.75) is 13.3 Å². The number of carbonyl (C=O) groups excluding carboxylic acids is 1. The molecule has 0 unspecified atom stereocenters. The molecule has 0 bridgehead atoms. The summed E-state index contributed by atoms with van der Waals surface area (Å²) in [4.78, 5) is 19.4. The highest BCUT2D eigenvalue weighted by Crippen LogP contribution is 2.19. The van der Waals surface area contributed by atoms with E-state index in [-0.39, 0.29) is 27.7 Å². The summed E-state index contributed by atoms with van der Waals surface area (Å²) in [6.07, 6.45) is 0.0620. The second-order valence-electron chi connectivity index (χ2n) is 5.43. The van der Waals surface area contributed by atoms with Crippen LogP contribution in [0.2, 0.25) is 20.6 Å². The van der Waals surface area contributed by atoms with Gasteiger partial charge in [0.25, 0.3) is 0 Å². The van der Waals surface area contributed by atoms with Gasteiger partial charge < -0.3 is 5.73 Å². The number of Topliss-reactive ketones (excluding diaryl/α,β-unsaturated/α-hetero) is 1. The van der Waals surface area contributed by atoms with Crippen LogP contribution in [0.5, 0.6) is 0 Å². The minimum atomic E-state index is -0.443. The van der Waals surface area contributed by atoms with E-state index in [1.54, 1.807) is 36.4 Å². The van der Waals surface area contributed by atoms with E-state index in [1.807, 2.05) is 0 Å². The number of carbonyl (C=O) groups is 1. The molecule has 0 aliphatic rings. The molecule has 0 saturated carbocycles. The lowest BCUT2D eigenvalue weighted by molar-refractivity contribution is 0.0992. The zero-order valence-electron chi connectivity index (χ0n) is 15.5. The minimum Gasteiger partial charge on any atom is -0.396 e. The number of pyridine rings is 2. The molecule has 0 radical (unpaired) electrons. The highest BCUT2D eigenvalue weighted by Gasteiger charge is 2.11. The highest BCUT2D eigenvalue weighted by molar-refractivity contribution is 6.34. The molecule has 0 aliphatic heterocycles. The Hall–Kier alpha value is -2.43. The third-order valence-electron chi connectivity index (χ3n) is 3.23. The van der Waals surface area contributed by atoms with Crippen LogP contribution in [0.1, 0.15) is 22.8 Å². The van der Waals surface area contributed by atoms with Gasteiger partial charge >= 0.3 is 0 Å². The molecule has 156 valence electrons. The maximum atomic E-state index is 13.0. The quantitative estimate of drug-likeness (QED) is 0.338. The standard InChI is InChI=1S/C13H8Cl2FNO.C5H4Cl2N2.C2H3N/c14-12-5-4-9(13(15)17-12)7-11(18)8-2-1-3-10(16)6-8;6-4-2-1-3(8)5(7)9-4;1-2-3/h1-6H,7H2;1-2H,8H2;1H3. The Kier molecular flexibility index (Phi) is 11.1. The van der Waals surface area contributed by atoms with Crippen LogP contribution in [0.3, 0.4) is 0 Å². The fraction of sp³-hybridized carbons (Fsp3) is 0.100. The minimum absolute atomic E-state index is 0.0620. The lowest BCUT2D eigenvalue weighted by Gasteiger charge is -2.04. The summed E-state index contributed by atoms with van der Waals surface area (Å²) in [5.74, 6) is -0.665. The molecule has 3 aromatic rings. The van der Waals surface area contributed by atoms with Gasteiger partial charge in [-0.05, 0) is 35.9 Å². The average Bonchev–Trinajstić information content (AvgIpc) is 2.68. The first-order chi connectivity index (χ1) is 14.2. The molecule has 0 amide bonds. The van der Waals surface area contributed by atoms with E-state index in [1.165, 1.54) is 25.1 Å². The molecule has 0 fully saturated rings. The number of nitrogens with zero attached hydrogens (tertiary/aromatic N) is 3. The average molecular weight is 488 g/mol. The summed E-state index contributed by atoms with van der Waals surface area (Å²) in [5, 5.41) is 8.38. The fourth-order valence-electron chi connectivity index (χ4n) is 1.93. The van der Waals surface area contributed by atoms with Crippen molar-refractivity contribution in [1.82, 2.24) is 9.97 Å². The van der Waals surface area contributed by atoms with E-state index in [9.17, 15) is 9.18 Å². The Morgan fingerprint density at radius 3 is 2.10 bits per heavy atom. The van der Waals surface area contributed by atoms with E-state index in [0.29, 0.717) is 22.0 Å². The molecule has 0 spiro atoms. The van der Waals surface area contributed by atoms with Gasteiger partial charge in [-0.3, -0.25) is 4.79 Å². The van der Waals surface area contributed by atoms with Gasteiger partial charge in [0, 0.05) is 18.9 Å². The van der Waals surface area contributed by atoms with Crippen LogP contribution in [0.4, 0.5) is 10.1 Å². The lowest BCUT2D eigenvalue weighted by atomic mass is 10.0. The number of anilines is 1. The maximum Gasteiger partial charge on any atom is 0.167 e. The van der Waals surface area contributed by atoms with Gasteiger partial charge in [0.1, 0.15) is 21.3 Å². The molecule has 30 heavy (non-hydrogen) atoms. The molecule has 3 rings (SSSR count). The van der Waals surface area contributed by atoms with E-state index in [4.69, 9.17) is 57.4 Å². The molecular formula is C20H15Cl4FN4O. The van der Waals surface area contributed by atoms with Gasteiger partial charge in [-0.15, -0.1) is 0 Å². The van der Waals surface area contributed by atoms with Crippen LogP contribution in [-0.4, -0.2) is 15.8 Å². The van der Waals surface area contributed by atoms with Crippen LogP contribution in [0.15, 0.2) is 48.5 Å². The van der Waals surface area contributed by atoms with Crippen LogP contribution >= 0.6 is 46.4 Å². The van der Waals surface area contributed by atoms with Crippen LogP contribution in [0.25, 0.3) is 0 Å². The molecule has 2 N–H and O–H groups in total. The van der Waals surface area contributed by atoms with Gasteiger partial charge in [-0.25, -0.2) is 14.4 Å². The van der Waals surface area contributed by atoms with Crippen molar-refractivity contribution in [2.24, 2.45) is 0 Å². The Morgan fingerprint density at radius 1 is 1.03 bits per heavy atom. The van der Waals surface area contributed by atoms with Gasteiger partial charge in [0.05, 0.1) is 11.8 Å². The van der Waals surface area contributed by atoms with Crippen molar-refractivity contribution in [2.75, 3.05) is 5.73 Å². The smallest absolute Gasteiger partial charge is 0.167 e. The van der Waals surface area contributed by atoms with E-state index < -0.39 is 5.82 Å². The first kappa shape index (κ1) is 25.6. The SMILES string of the molecule is CC#N.Nc1ccc(Cl)nc1Cl.O=C(Cc1ccc(Cl)nc1Cl)c1cccc(F)c1. The molecule has 0 atom stereocenters. The second-order valence-corrected chi connectivity index (χ2v) is 6.92. The van der Waals surface area contributed by atoms with Gasteiger partial charge in [0.2, 0.25) is 0 Å². The summed E-state index contributed by atoms with van der Waals surface area (Å²) in [6, 6.07) is 13.7. The van der Waals surface area contributed by atoms with E-state index >= 15 is 0 Å². The van der Waals surface area contributed by atoms with E-state index in [2.05, 4.69) is 9.97 Å². The van der Waals surface area contributed by atoms with Crippen LogP contribution in [0, 0.1) is 17.1 Å². The topological polar surface area (TPSA) is 92.7 Å². The summed E-state index contributed by atoms with van der Waals surface area (Å²) >= 11 is 22.5. The van der Waals surface area contributed by atoms with E-state index in [0.717, 1.165) is 0 Å². The van der Waals surface area contributed by atoms with Gasteiger partial charge in [-0.2, -0.15) is 5.26 Å². The van der Waals surface area contributed by atoms with Crippen LogP contribution in [-0.2, 0) is 6.42 Å². The Balaban J connectivity index is 0.000000313. The molecule has 0 saturated heterocycles. The predicted octanol–water partition coefficient (Wildman–Crippen LogP) is 6.45. The molecule has 5 nitrogen and oxygen atoms in total. The van der Waals surface area contributed by atoms with Crippen molar-refractivity contribution in [3.8, 4) is 6.07 Å². The zero-order valence-corrected chi connectivity index (χ0v) is 18.6. The number of aromatic nitrogens is 2. The number of rotatable bonds is 3. The molecule has 0 aliphatic carbocycles. The number of halogens is 5. The van der Waals surface area contributed by atoms with Gasteiger partial charge in [0.15, 0.2) is 10.9 Å². The number of hydrogen-bond acceptors (Lipinski definition) is 5. The largest absolute Gasteiger partial charge is 0.396 e. The number of nitrogens with two attached hydrogens (primary N) is 1. The Bertz CT molecular complexity index is 1060. The van der Waals surface area contributed by atoms with Crippen LogP contribution < -0.4 is 5.73 Å². The Morgan fingerprint density at radius 2 is 1.60 bits per heavy atom. The summed E-state index contributed by atoms with van der Waals surface area (Å²) < 4.78 is 13.0. The third-order valence-corrected chi connectivity index (χ3v) is 4.28. The summed E-state index contributed by atoms with van der Waals surface area (Å²) in [6.45, 7) is 1.43. The highest BCUT2D eigenvalue weighted by atomic mass is 35.5. The third kappa shape index (κ3) is 8.93. The predicted molar refractivity (Wildman–Crippen MR) is 119 cm³/mol. The number of nitriles is 1. The lowest BCUT2D eigenvalue weighted by Crippen LogP contribution is -2.05. The summed E-state index contributed by atoms with van der Waals surface area (Å²) in [5.41, 5.74) is 6.65.